The van der Waals surface area contributed by atoms with Crippen molar-refractivity contribution in [2.24, 2.45) is 0 Å². The zero-order valence-electron chi connectivity index (χ0n) is 16.7. The minimum atomic E-state index is -4.00. The van der Waals surface area contributed by atoms with Gasteiger partial charge in [0.1, 0.15) is 17.1 Å². The quantitative estimate of drug-likeness (QED) is 0.400. The molecule has 164 valence electrons. The Morgan fingerprint density at radius 3 is 2.48 bits per heavy atom. The minimum Gasteiger partial charge on any atom is -0.461 e. The molecule has 0 aliphatic rings. The van der Waals surface area contributed by atoms with Gasteiger partial charge in [-0.25, -0.2) is 17.9 Å². The van der Waals surface area contributed by atoms with Gasteiger partial charge in [0, 0.05) is 23.6 Å². The molecule has 7 nitrogen and oxygen atoms in total. The predicted molar refractivity (Wildman–Crippen MR) is 118 cm³/mol. The smallest absolute Gasteiger partial charge is 0.336 e. The van der Waals surface area contributed by atoms with Gasteiger partial charge in [0.05, 0.1) is 16.5 Å². The van der Waals surface area contributed by atoms with Crippen LogP contribution < -0.4 is 10.3 Å². The van der Waals surface area contributed by atoms with E-state index in [0.29, 0.717) is 16.5 Å². The molecule has 1 heterocycles. The standard InChI is InChI=1S/C21H19Cl2NO6S/c1-12-6-7-15-14(10-19(26)30-20(15)13(12)2)11-29-18(25)8-9-24-31(27,28)21-16(22)4-3-5-17(21)23/h3-7,10,24H,8-9,11H2,1-2H3. The van der Waals surface area contributed by atoms with E-state index in [4.69, 9.17) is 32.4 Å². The van der Waals surface area contributed by atoms with Crippen LogP contribution in [0.1, 0.15) is 23.1 Å². The summed E-state index contributed by atoms with van der Waals surface area (Å²) >= 11 is 11.9. The van der Waals surface area contributed by atoms with Crippen LogP contribution in [0.4, 0.5) is 0 Å². The highest BCUT2D eigenvalue weighted by molar-refractivity contribution is 7.89. The highest BCUT2D eigenvalue weighted by atomic mass is 35.5. The Balaban J connectivity index is 1.64. The summed E-state index contributed by atoms with van der Waals surface area (Å²) in [6.45, 7) is 3.39. The molecule has 0 saturated heterocycles. The molecule has 0 bridgehead atoms. The number of ether oxygens (including phenoxy) is 1. The first-order valence-electron chi connectivity index (χ1n) is 9.22. The molecule has 0 radical (unpaired) electrons. The van der Waals surface area contributed by atoms with Crippen molar-refractivity contribution in [3.63, 3.8) is 0 Å². The van der Waals surface area contributed by atoms with Crippen LogP contribution in [0.5, 0.6) is 0 Å². The molecule has 0 unspecified atom stereocenters. The molecule has 0 fully saturated rings. The molecule has 0 aliphatic carbocycles. The Hall–Kier alpha value is -2.39. The van der Waals surface area contributed by atoms with E-state index in [-0.39, 0.29) is 34.5 Å². The molecule has 0 spiro atoms. The van der Waals surface area contributed by atoms with Gasteiger partial charge in [-0.1, -0.05) is 41.4 Å². The van der Waals surface area contributed by atoms with Crippen LogP contribution in [0.2, 0.25) is 10.0 Å². The largest absolute Gasteiger partial charge is 0.461 e. The van der Waals surface area contributed by atoms with Crippen LogP contribution in [-0.2, 0) is 26.2 Å². The van der Waals surface area contributed by atoms with E-state index in [1.807, 2.05) is 19.9 Å². The molecule has 0 atom stereocenters. The lowest BCUT2D eigenvalue weighted by molar-refractivity contribution is -0.144. The fourth-order valence-corrected chi connectivity index (χ4v) is 5.14. The highest BCUT2D eigenvalue weighted by Gasteiger charge is 2.21. The Bertz CT molecular complexity index is 1300. The zero-order chi connectivity index (χ0) is 22.8. The number of hydrogen-bond acceptors (Lipinski definition) is 6. The highest BCUT2D eigenvalue weighted by Crippen LogP contribution is 2.28. The average molecular weight is 484 g/mol. The number of esters is 1. The molecule has 3 aromatic rings. The summed E-state index contributed by atoms with van der Waals surface area (Å²) in [5.41, 5.74) is 2.21. The first-order chi connectivity index (χ1) is 14.6. The van der Waals surface area contributed by atoms with Crippen LogP contribution in [0.25, 0.3) is 11.0 Å². The summed E-state index contributed by atoms with van der Waals surface area (Å²) in [5, 5.41) is 0.621. The Morgan fingerprint density at radius 1 is 1.13 bits per heavy atom. The van der Waals surface area contributed by atoms with Crippen LogP contribution in [0.3, 0.4) is 0 Å². The number of nitrogens with one attached hydrogen (secondary N) is 1. The number of benzene rings is 2. The summed E-state index contributed by atoms with van der Waals surface area (Å²) in [6.07, 6.45) is -0.223. The van der Waals surface area contributed by atoms with Crippen molar-refractivity contribution in [3.8, 4) is 0 Å². The van der Waals surface area contributed by atoms with Gasteiger partial charge < -0.3 is 9.15 Å². The molecular formula is C21H19Cl2NO6S. The summed E-state index contributed by atoms with van der Waals surface area (Å²) in [4.78, 5) is 23.7. The summed E-state index contributed by atoms with van der Waals surface area (Å²) in [6, 6.07) is 9.29. The number of carbonyl (C=O) groups excluding carboxylic acids is 1. The van der Waals surface area contributed by atoms with Gasteiger partial charge in [-0.3, -0.25) is 4.79 Å². The molecule has 0 saturated carbocycles. The van der Waals surface area contributed by atoms with Crippen LogP contribution in [0.15, 0.2) is 50.5 Å². The first kappa shape index (κ1) is 23.3. The molecule has 31 heavy (non-hydrogen) atoms. The summed E-state index contributed by atoms with van der Waals surface area (Å²) < 4.78 is 37.6. The maximum atomic E-state index is 12.4. The third kappa shape index (κ3) is 5.27. The van der Waals surface area contributed by atoms with Crippen molar-refractivity contribution in [2.75, 3.05) is 6.54 Å². The monoisotopic (exact) mass is 483 g/mol. The minimum absolute atomic E-state index is 0.0251. The molecule has 10 heteroatoms. The second kappa shape index (κ2) is 9.40. The number of hydrogen-bond donors (Lipinski definition) is 1. The van der Waals surface area contributed by atoms with E-state index in [0.717, 1.165) is 11.1 Å². The van der Waals surface area contributed by atoms with E-state index < -0.39 is 21.6 Å². The summed E-state index contributed by atoms with van der Waals surface area (Å²) in [5.74, 6) is -0.641. The van der Waals surface area contributed by atoms with Gasteiger partial charge >= 0.3 is 11.6 Å². The molecule has 2 aromatic carbocycles. The maximum Gasteiger partial charge on any atom is 0.336 e. The first-order valence-corrected chi connectivity index (χ1v) is 11.5. The van der Waals surface area contributed by atoms with Crippen molar-refractivity contribution in [3.05, 3.63) is 73.6 Å². The van der Waals surface area contributed by atoms with Gasteiger partial charge in [0.25, 0.3) is 0 Å². The second-order valence-electron chi connectivity index (χ2n) is 6.83. The van der Waals surface area contributed by atoms with Crippen LogP contribution >= 0.6 is 23.2 Å². The SMILES string of the molecule is Cc1ccc2c(COC(=O)CCNS(=O)(=O)c3c(Cl)cccc3Cl)cc(=O)oc2c1C. The van der Waals surface area contributed by atoms with E-state index >= 15 is 0 Å². The lowest BCUT2D eigenvalue weighted by Gasteiger charge is -2.11. The lowest BCUT2D eigenvalue weighted by atomic mass is 10.0. The van der Waals surface area contributed by atoms with Crippen molar-refractivity contribution in [2.45, 2.75) is 31.8 Å². The number of rotatable bonds is 7. The topological polar surface area (TPSA) is 103 Å². The zero-order valence-corrected chi connectivity index (χ0v) is 19.0. The van der Waals surface area contributed by atoms with Crippen molar-refractivity contribution >= 4 is 50.2 Å². The fourth-order valence-electron chi connectivity index (χ4n) is 2.97. The average Bonchev–Trinajstić information content (AvgIpc) is 2.69. The Labute approximate surface area is 189 Å². The van der Waals surface area contributed by atoms with Gasteiger partial charge in [-0.15, -0.1) is 0 Å². The number of sulfonamides is 1. The van der Waals surface area contributed by atoms with Crippen LogP contribution in [-0.4, -0.2) is 20.9 Å². The Kier molecular flexibility index (Phi) is 7.06. The summed E-state index contributed by atoms with van der Waals surface area (Å²) in [7, 11) is -4.00. The van der Waals surface area contributed by atoms with Gasteiger partial charge in [0.2, 0.25) is 10.0 Å². The van der Waals surface area contributed by atoms with E-state index in [2.05, 4.69) is 4.72 Å². The van der Waals surface area contributed by atoms with E-state index in [9.17, 15) is 18.0 Å². The number of fused-ring (bicyclic) bond motifs is 1. The second-order valence-corrected chi connectivity index (χ2v) is 9.35. The maximum absolute atomic E-state index is 12.4. The van der Waals surface area contributed by atoms with Crippen molar-refractivity contribution < 1.29 is 22.4 Å². The third-order valence-electron chi connectivity index (χ3n) is 4.71. The van der Waals surface area contributed by atoms with E-state index in [1.165, 1.54) is 24.3 Å². The molecular weight excluding hydrogens is 465 g/mol. The molecule has 1 aromatic heterocycles. The number of aryl methyl sites for hydroxylation is 2. The normalized spacial score (nSPS) is 11.6. The fraction of sp³-hybridized carbons (Fsp3) is 0.238. The van der Waals surface area contributed by atoms with E-state index in [1.54, 1.807) is 6.07 Å². The lowest BCUT2D eigenvalue weighted by Crippen LogP contribution is -2.27. The molecule has 0 amide bonds. The molecule has 3 rings (SSSR count). The number of halogens is 2. The van der Waals surface area contributed by atoms with Gasteiger partial charge in [-0.05, 0) is 37.1 Å². The van der Waals surface area contributed by atoms with Gasteiger partial charge in [-0.2, -0.15) is 0 Å². The third-order valence-corrected chi connectivity index (χ3v) is 7.13. The van der Waals surface area contributed by atoms with Crippen molar-refractivity contribution in [1.82, 2.24) is 4.72 Å². The van der Waals surface area contributed by atoms with Gasteiger partial charge in [0.15, 0.2) is 0 Å². The number of carbonyl (C=O) groups is 1. The predicted octanol–water partition coefficient (Wildman–Crippen LogP) is 4.13. The van der Waals surface area contributed by atoms with Crippen molar-refractivity contribution in [1.29, 1.82) is 0 Å². The molecule has 0 aliphatic heterocycles. The Morgan fingerprint density at radius 2 is 1.81 bits per heavy atom. The van der Waals surface area contributed by atoms with Crippen LogP contribution in [0, 0.1) is 13.8 Å². The molecule has 1 N–H and O–H groups in total.